The fourth-order valence-corrected chi connectivity index (χ4v) is 2.69. The molecule has 1 heteroatoms. The minimum atomic E-state index is -0.719. The quantitative estimate of drug-likeness (QED) is 0.689. The Balaban J connectivity index is 2.51. The van der Waals surface area contributed by atoms with Crippen LogP contribution in [0.25, 0.3) is 10.8 Å². The molecule has 1 aliphatic carbocycles. The van der Waals surface area contributed by atoms with E-state index in [1.54, 1.807) is 0 Å². The Morgan fingerprint density at radius 2 is 1.80 bits per heavy atom. The standard InChI is InChI=1S/C14H14O/c1-9-11-7-3-5-10-6-4-8-12(13(10)11)14(9,2)15/h3-9,15H,1-2H3. The molecular weight excluding hydrogens is 184 g/mol. The van der Waals surface area contributed by atoms with E-state index in [0.29, 0.717) is 0 Å². The third kappa shape index (κ3) is 0.963. The summed E-state index contributed by atoms with van der Waals surface area (Å²) in [6.45, 7) is 4.00. The van der Waals surface area contributed by atoms with Crippen LogP contribution in [0.3, 0.4) is 0 Å². The molecule has 0 saturated carbocycles. The van der Waals surface area contributed by atoms with Gasteiger partial charge in [-0.3, -0.25) is 0 Å². The van der Waals surface area contributed by atoms with Crippen LogP contribution in [-0.4, -0.2) is 5.11 Å². The number of aliphatic hydroxyl groups is 1. The maximum absolute atomic E-state index is 10.5. The molecule has 0 fully saturated rings. The summed E-state index contributed by atoms with van der Waals surface area (Å²) >= 11 is 0. The normalized spacial score (nSPS) is 28.6. The highest BCUT2D eigenvalue weighted by molar-refractivity contribution is 5.92. The first kappa shape index (κ1) is 8.93. The Hall–Kier alpha value is -1.34. The van der Waals surface area contributed by atoms with Gasteiger partial charge in [-0.25, -0.2) is 0 Å². The number of rotatable bonds is 0. The zero-order valence-corrected chi connectivity index (χ0v) is 8.99. The van der Waals surface area contributed by atoms with Crippen LogP contribution < -0.4 is 0 Å². The summed E-state index contributed by atoms with van der Waals surface area (Å²) in [7, 11) is 0. The third-order valence-corrected chi connectivity index (χ3v) is 3.79. The molecule has 76 valence electrons. The predicted octanol–water partition coefficient (Wildman–Crippen LogP) is 3.16. The van der Waals surface area contributed by atoms with Gasteiger partial charge in [0.1, 0.15) is 0 Å². The van der Waals surface area contributed by atoms with Crippen molar-refractivity contribution in [1.29, 1.82) is 0 Å². The topological polar surface area (TPSA) is 20.2 Å². The van der Waals surface area contributed by atoms with Crippen molar-refractivity contribution < 1.29 is 5.11 Å². The minimum Gasteiger partial charge on any atom is -0.385 e. The van der Waals surface area contributed by atoms with E-state index in [1.165, 1.54) is 16.3 Å². The van der Waals surface area contributed by atoms with Gasteiger partial charge in [0.25, 0.3) is 0 Å². The lowest BCUT2D eigenvalue weighted by Crippen LogP contribution is -2.23. The monoisotopic (exact) mass is 198 g/mol. The molecule has 0 heterocycles. The maximum atomic E-state index is 10.5. The van der Waals surface area contributed by atoms with Gasteiger partial charge in [-0.1, -0.05) is 43.3 Å². The minimum absolute atomic E-state index is 0.179. The Morgan fingerprint density at radius 1 is 1.13 bits per heavy atom. The Kier molecular flexibility index (Phi) is 1.56. The largest absolute Gasteiger partial charge is 0.385 e. The van der Waals surface area contributed by atoms with Crippen molar-refractivity contribution in [2.24, 2.45) is 0 Å². The molecular formula is C14H14O. The van der Waals surface area contributed by atoms with Crippen LogP contribution in [-0.2, 0) is 5.60 Å². The maximum Gasteiger partial charge on any atom is 0.0940 e. The second kappa shape index (κ2) is 2.61. The van der Waals surface area contributed by atoms with Crippen LogP contribution in [0, 0.1) is 0 Å². The van der Waals surface area contributed by atoms with Crippen molar-refractivity contribution in [2.75, 3.05) is 0 Å². The Labute approximate surface area is 89.4 Å². The molecule has 0 amide bonds. The Bertz CT molecular complexity index is 535. The number of benzene rings is 2. The van der Waals surface area contributed by atoms with Crippen molar-refractivity contribution in [3.8, 4) is 0 Å². The molecule has 0 radical (unpaired) electrons. The molecule has 2 aromatic rings. The summed E-state index contributed by atoms with van der Waals surface area (Å²) in [6, 6.07) is 12.5. The summed E-state index contributed by atoms with van der Waals surface area (Å²) in [5.41, 5.74) is 1.62. The highest BCUT2D eigenvalue weighted by Crippen LogP contribution is 2.48. The van der Waals surface area contributed by atoms with Crippen molar-refractivity contribution in [2.45, 2.75) is 25.4 Å². The molecule has 3 rings (SSSR count). The molecule has 2 aromatic carbocycles. The first-order valence-electron chi connectivity index (χ1n) is 5.37. The SMILES string of the molecule is CC1c2cccc3cccc(c23)C1(C)O. The van der Waals surface area contributed by atoms with Crippen molar-refractivity contribution in [3.63, 3.8) is 0 Å². The van der Waals surface area contributed by atoms with Gasteiger partial charge in [-0.15, -0.1) is 0 Å². The molecule has 0 bridgehead atoms. The first-order valence-corrected chi connectivity index (χ1v) is 5.37. The lowest BCUT2D eigenvalue weighted by Gasteiger charge is -2.24. The van der Waals surface area contributed by atoms with Crippen molar-refractivity contribution in [3.05, 3.63) is 47.5 Å². The van der Waals surface area contributed by atoms with Gasteiger partial charge < -0.3 is 5.11 Å². The molecule has 1 N–H and O–H groups in total. The summed E-state index contributed by atoms with van der Waals surface area (Å²) in [5, 5.41) is 13.0. The van der Waals surface area contributed by atoms with Gasteiger partial charge in [0.05, 0.1) is 5.60 Å². The Morgan fingerprint density at radius 3 is 2.53 bits per heavy atom. The fourth-order valence-electron chi connectivity index (χ4n) is 2.69. The van der Waals surface area contributed by atoms with E-state index >= 15 is 0 Å². The summed E-state index contributed by atoms with van der Waals surface area (Å²) in [5.74, 6) is 0.179. The van der Waals surface area contributed by atoms with Crippen molar-refractivity contribution in [1.82, 2.24) is 0 Å². The van der Waals surface area contributed by atoms with E-state index in [0.717, 1.165) is 5.56 Å². The predicted molar refractivity (Wildman–Crippen MR) is 61.9 cm³/mol. The van der Waals surface area contributed by atoms with Gasteiger partial charge in [-0.2, -0.15) is 0 Å². The van der Waals surface area contributed by atoms with Gasteiger partial charge in [-0.05, 0) is 28.8 Å². The van der Waals surface area contributed by atoms with E-state index in [1.807, 2.05) is 19.1 Å². The molecule has 2 atom stereocenters. The lowest BCUT2D eigenvalue weighted by atomic mass is 9.88. The molecule has 0 aromatic heterocycles. The molecule has 1 aliphatic rings. The van der Waals surface area contributed by atoms with Crippen LogP contribution in [0.4, 0.5) is 0 Å². The van der Waals surface area contributed by atoms with Crippen molar-refractivity contribution >= 4 is 10.8 Å². The second-order valence-electron chi connectivity index (χ2n) is 4.62. The molecule has 2 unspecified atom stereocenters. The average Bonchev–Trinajstić information content (AvgIpc) is 2.43. The molecule has 1 nitrogen and oxygen atoms in total. The first-order chi connectivity index (χ1) is 7.12. The smallest absolute Gasteiger partial charge is 0.0940 e. The van der Waals surface area contributed by atoms with Crippen LogP contribution in [0.5, 0.6) is 0 Å². The van der Waals surface area contributed by atoms with E-state index in [2.05, 4.69) is 31.2 Å². The average molecular weight is 198 g/mol. The fraction of sp³-hybridized carbons (Fsp3) is 0.286. The van der Waals surface area contributed by atoms with E-state index in [4.69, 9.17) is 0 Å². The second-order valence-corrected chi connectivity index (χ2v) is 4.62. The van der Waals surface area contributed by atoms with Gasteiger partial charge in [0.15, 0.2) is 0 Å². The summed E-state index contributed by atoms with van der Waals surface area (Å²) in [6.07, 6.45) is 0. The van der Waals surface area contributed by atoms with E-state index in [9.17, 15) is 5.11 Å². The van der Waals surface area contributed by atoms with E-state index < -0.39 is 5.60 Å². The molecule has 15 heavy (non-hydrogen) atoms. The number of hydrogen-bond acceptors (Lipinski definition) is 1. The van der Waals surface area contributed by atoms with Crippen LogP contribution in [0.15, 0.2) is 36.4 Å². The van der Waals surface area contributed by atoms with Gasteiger partial charge >= 0.3 is 0 Å². The van der Waals surface area contributed by atoms with Gasteiger partial charge in [0, 0.05) is 5.92 Å². The van der Waals surface area contributed by atoms with E-state index in [-0.39, 0.29) is 5.92 Å². The molecule has 0 spiro atoms. The highest BCUT2D eigenvalue weighted by Gasteiger charge is 2.39. The zero-order valence-electron chi connectivity index (χ0n) is 8.99. The van der Waals surface area contributed by atoms with Crippen LogP contribution >= 0.6 is 0 Å². The number of hydrogen-bond donors (Lipinski definition) is 1. The van der Waals surface area contributed by atoms with Crippen LogP contribution in [0.2, 0.25) is 0 Å². The van der Waals surface area contributed by atoms with Crippen LogP contribution in [0.1, 0.15) is 30.9 Å². The summed E-state index contributed by atoms with van der Waals surface area (Å²) in [4.78, 5) is 0. The zero-order chi connectivity index (χ0) is 10.6. The molecule has 0 saturated heterocycles. The highest BCUT2D eigenvalue weighted by atomic mass is 16.3. The summed E-state index contributed by atoms with van der Waals surface area (Å²) < 4.78 is 0. The lowest BCUT2D eigenvalue weighted by molar-refractivity contribution is 0.0400. The molecule has 0 aliphatic heterocycles. The van der Waals surface area contributed by atoms with Gasteiger partial charge in [0.2, 0.25) is 0 Å². The third-order valence-electron chi connectivity index (χ3n) is 3.79.